The van der Waals surface area contributed by atoms with Crippen molar-refractivity contribution in [1.29, 1.82) is 0 Å². The molecule has 0 saturated carbocycles. The number of carbonyl (C=O) groups excluding carboxylic acids is 1. The summed E-state index contributed by atoms with van der Waals surface area (Å²) in [5.41, 5.74) is 5.46. The van der Waals surface area contributed by atoms with Crippen LogP contribution in [0.2, 0.25) is 0 Å². The number of nitrogens with one attached hydrogen (secondary N) is 1. The van der Waals surface area contributed by atoms with Crippen molar-refractivity contribution in [1.82, 2.24) is 5.32 Å². The summed E-state index contributed by atoms with van der Waals surface area (Å²) in [7, 11) is 0. The van der Waals surface area contributed by atoms with Crippen LogP contribution in [0.3, 0.4) is 0 Å². The predicted octanol–water partition coefficient (Wildman–Crippen LogP) is 2.19. The maximum atomic E-state index is 11.5. The van der Waals surface area contributed by atoms with Crippen LogP contribution < -0.4 is 11.1 Å². The van der Waals surface area contributed by atoms with E-state index in [1.165, 1.54) is 0 Å². The molecule has 1 heterocycles. The Morgan fingerprint density at radius 1 is 1.62 bits per heavy atom. The Balaban J connectivity index is 0.00000225. The summed E-state index contributed by atoms with van der Waals surface area (Å²) < 4.78 is 1.06. The summed E-state index contributed by atoms with van der Waals surface area (Å²) in [6.45, 7) is 3.27. The van der Waals surface area contributed by atoms with E-state index in [0.29, 0.717) is 25.4 Å². The molecule has 16 heavy (non-hydrogen) atoms. The van der Waals surface area contributed by atoms with Gasteiger partial charge < -0.3 is 11.1 Å². The van der Waals surface area contributed by atoms with E-state index in [-0.39, 0.29) is 18.3 Å². The number of hydrogen-bond donors (Lipinski definition) is 2. The van der Waals surface area contributed by atoms with E-state index < -0.39 is 0 Å². The van der Waals surface area contributed by atoms with Crippen molar-refractivity contribution in [2.75, 3.05) is 13.1 Å². The van der Waals surface area contributed by atoms with Gasteiger partial charge in [-0.25, -0.2) is 0 Å². The van der Waals surface area contributed by atoms with Gasteiger partial charge in [-0.2, -0.15) is 0 Å². The lowest BCUT2D eigenvalue weighted by atomic mass is 10.2. The van der Waals surface area contributed by atoms with Gasteiger partial charge in [-0.15, -0.1) is 23.7 Å². The summed E-state index contributed by atoms with van der Waals surface area (Å²) >= 11 is 4.95. The zero-order valence-electron chi connectivity index (χ0n) is 9.03. The molecule has 0 aliphatic carbocycles. The van der Waals surface area contributed by atoms with E-state index in [4.69, 9.17) is 5.73 Å². The Bertz CT molecular complexity index is 332. The first-order chi connectivity index (χ1) is 7.11. The fourth-order valence-corrected chi connectivity index (χ4v) is 2.52. The molecule has 0 spiro atoms. The molecule has 0 aliphatic heterocycles. The van der Waals surface area contributed by atoms with Crippen molar-refractivity contribution in [3.63, 3.8) is 0 Å². The molecular weight excluding hydrogens is 312 g/mol. The fraction of sp³-hybridized carbons (Fsp3) is 0.500. The van der Waals surface area contributed by atoms with Crippen molar-refractivity contribution in [3.8, 4) is 0 Å². The molecule has 0 bridgehead atoms. The fourth-order valence-electron chi connectivity index (χ4n) is 1.04. The summed E-state index contributed by atoms with van der Waals surface area (Å²) in [5, 5.41) is 2.86. The highest BCUT2D eigenvalue weighted by atomic mass is 79.9. The van der Waals surface area contributed by atoms with Crippen molar-refractivity contribution in [2.45, 2.75) is 13.3 Å². The number of thiophene rings is 1. The Hall–Kier alpha value is -0.100. The Morgan fingerprint density at radius 2 is 2.31 bits per heavy atom. The van der Waals surface area contributed by atoms with Gasteiger partial charge in [-0.1, -0.05) is 6.92 Å². The van der Waals surface area contributed by atoms with Crippen LogP contribution in [0, 0.1) is 5.92 Å². The molecule has 1 aromatic rings. The van der Waals surface area contributed by atoms with E-state index >= 15 is 0 Å². The molecule has 1 aromatic heterocycles. The molecule has 0 aliphatic rings. The molecule has 0 saturated heterocycles. The van der Waals surface area contributed by atoms with E-state index in [2.05, 4.69) is 21.2 Å². The molecule has 1 unspecified atom stereocenters. The minimum atomic E-state index is 0. The van der Waals surface area contributed by atoms with Gasteiger partial charge in [-0.05, 0) is 40.5 Å². The predicted molar refractivity (Wildman–Crippen MR) is 74.2 cm³/mol. The molecule has 0 radical (unpaired) electrons. The third kappa shape index (κ3) is 5.84. The third-order valence-electron chi connectivity index (χ3n) is 2.01. The minimum absolute atomic E-state index is 0. The Morgan fingerprint density at radius 3 is 2.81 bits per heavy atom. The van der Waals surface area contributed by atoms with E-state index in [1.807, 2.05) is 19.1 Å². The van der Waals surface area contributed by atoms with Crippen LogP contribution in [0.4, 0.5) is 0 Å². The van der Waals surface area contributed by atoms with Gasteiger partial charge >= 0.3 is 0 Å². The number of rotatable bonds is 5. The first-order valence-corrected chi connectivity index (χ1v) is 6.43. The summed E-state index contributed by atoms with van der Waals surface area (Å²) in [6, 6.07) is 3.91. The smallest absolute Gasteiger partial charge is 0.225 e. The molecular formula is C10H16BrClN2OS. The lowest BCUT2D eigenvalue weighted by Gasteiger charge is -2.09. The summed E-state index contributed by atoms with van der Waals surface area (Å²) in [6.07, 6.45) is 0.452. The zero-order valence-corrected chi connectivity index (χ0v) is 12.3. The summed E-state index contributed by atoms with van der Waals surface area (Å²) in [4.78, 5) is 12.6. The van der Waals surface area contributed by atoms with Gasteiger partial charge in [0.05, 0.1) is 10.2 Å². The van der Waals surface area contributed by atoms with Crippen molar-refractivity contribution in [2.24, 2.45) is 11.7 Å². The molecule has 1 atom stereocenters. The number of hydrogen-bond acceptors (Lipinski definition) is 3. The average molecular weight is 328 g/mol. The van der Waals surface area contributed by atoms with Gasteiger partial charge in [0.15, 0.2) is 0 Å². The van der Waals surface area contributed by atoms with Gasteiger partial charge in [0, 0.05) is 11.4 Å². The highest BCUT2D eigenvalue weighted by molar-refractivity contribution is 9.11. The SMILES string of the molecule is CC(CN)CNC(=O)Cc1ccc(Br)s1.Cl. The third-order valence-corrected chi connectivity index (χ3v) is 3.64. The largest absolute Gasteiger partial charge is 0.355 e. The van der Waals surface area contributed by atoms with Crippen LogP contribution in [0.5, 0.6) is 0 Å². The van der Waals surface area contributed by atoms with Gasteiger partial charge in [0.1, 0.15) is 0 Å². The van der Waals surface area contributed by atoms with Crippen molar-refractivity contribution in [3.05, 3.63) is 20.8 Å². The maximum absolute atomic E-state index is 11.5. The highest BCUT2D eigenvalue weighted by Gasteiger charge is 2.06. The topological polar surface area (TPSA) is 55.1 Å². The molecule has 6 heteroatoms. The van der Waals surface area contributed by atoms with Crippen molar-refractivity contribution >= 4 is 45.6 Å². The van der Waals surface area contributed by atoms with E-state index in [9.17, 15) is 4.79 Å². The second-order valence-electron chi connectivity index (χ2n) is 3.53. The second kappa shape index (κ2) is 8.06. The molecule has 0 fully saturated rings. The molecule has 1 rings (SSSR count). The number of carbonyl (C=O) groups is 1. The van der Waals surface area contributed by atoms with Crippen LogP contribution in [-0.2, 0) is 11.2 Å². The Kier molecular flexibility index (Phi) is 8.01. The second-order valence-corrected chi connectivity index (χ2v) is 6.08. The highest BCUT2D eigenvalue weighted by Crippen LogP contribution is 2.22. The molecule has 1 amide bonds. The van der Waals surface area contributed by atoms with Crippen LogP contribution in [0.15, 0.2) is 15.9 Å². The van der Waals surface area contributed by atoms with Crippen LogP contribution >= 0.6 is 39.7 Å². The first kappa shape index (κ1) is 15.9. The maximum Gasteiger partial charge on any atom is 0.225 e. The molecule has 3 nitrogen and oxygen atoms in total. The number of halogens is 2. The molecule has 0 aromatic carbocycles. The zero-order chi connectivity index (χ0) is 11.3. The van der Waals surface area contributed by atoms with E-state index in [1.54, 1.807) is 11.3 Å². The number of nitrogens with two attached hydrogens (primary N) is 1. The average Bonchev–Trinajstić information content (AvgIpc) is 2.60. The Labute approximate surface area is 114 Å². The van der Waals surface area contributed by atoms with Gasteiger partial charge in [0.25, 0.3) is 0 Å². The lowest BCUT2D eigenvalue weighted by molar-refractivity contribution is -0.120. The molecule has 3 N–H and O–H groups in total. The van der Waals surface area contributed by atoms with Gasteiger partial charge in [-0.3, -0.25) is 4.79 Å². The lowest BCUT2D eigenvalue weighted by Crippen LogP contribution is -2.32. The van der Waals surface area contributed by atoms with Crippen LogP contribution in [0.1, 0.15) is 11.8 Å². The number of amides is 1. The first-order valence-electron chi connectivity index (χ1n) is 4.82. The normalized spacial score (nSPS) is 11.7. The quantitative estimate of drug-likeness (QED) is 0.871. The van der Waals surface area contributed by atoms with Gasteiger partial charge in [0.2, 0.25) is 5.91 Å². The van der Waals surface area contributed by atoms with Crippen LogP contribution in [-0.4, -0.2) is 19.0 Å². The molecule has 92 valence electrons. The van der Waals surface area contributed by atoms with Crippen LogP contribution in [0.25, 0.3) is 0 Å². The standard InChI is InChI=1S/C10H15BrN2OS.ClH/c1-7(5-12)6-13-10(14)4-8-2-3-9(11)15-8;/h2-3,7H,4-6,12H2,1H3,(H,13,14);1H. The minimum Gasteiger partial charge on any atom is -0.355 e. The summed E-state index contributed by atoms with van der Waals surface area (Å²) in [5.74, 6) is 0.397. The monoisotopic (exact) mass is 326 g/mol. The van der Waals surface area contributed by atoms with E-state index in [0.717, 1.165) is 8.66 Å². The van der Waals surface area contributed by atoms with Crippen molar-refractivity contribution < 1.29 is 4.79 Å².